The van der Waals surface area contributed by atoms with Crippen molar-refractivity contribution in [2.45, 2.75) is 78.7 Å². The van der Waals surface area contributed by atoms with Crippen LogP contribution in [0.15, 0.2) is 21.3 Å². The van der Waals surface area contributed by atoms with Gasteiger partial charge in [-0.15, -0.1) is 0 Å². The van der Waals surface area contributed by atoms with Gasteiger partial charge in [0.15, 0.2) is 0 Å². The van der Waals surface area contributed by atoms with Crippen LogP contribution in [-0.4, -0.2) is 41.0 Å². The lowest BCUT2D eigenvalue weighted by atomic mass is 10.0. The van der Waals surface area contributed by atoms with Crippen LogP contribution in [0.4, 0.5) is 0 Å². The fourth-order valence-corrected chi connectivity index (χ4v) is 2.64. The molecule has 0 spiro atoms. The molecule has 2 N–H and O–H groups in total. The largest absolute Gasteiger partial charge is 0.388 e. The number of aliphatic hydroxyl groups is 2. The summed E-state index contributed by atoms with van der Waals surface area (Å²) in [5.74, 6) is 0. The second-order valence-electron chi connectivity index (χ2n) is 7.72. The summed E-state index contributed by atoms with van der Waals surface area (Å²) in [6.45, 7) is 14.9. The minimum absolute atomic E-state index is 0.0289. The van der Waals surface area contributed by atoms with Gasteiger partial charge in [-0.3, -0.25) is 9.36 Å². The maximum atomic E-state index is 9.80. The van der Waals surface area contributed by atoms with Crippen LogP contribution in [0, 0.1) is 13.8 Å². The SMILES string of the molecule is Cc1c(Br)cnn1C(C)C(C)(C)O.Cc1nn(C(C)C(C)(C)O)cc1Br. The first-order valence-electron chi connectivity index (χ1n) is 8.51. The fraction of sp³-hybridized carbons (Fsp3) is 0.667. The van der Waals surface area contributed by atoms with E-state index in [4.69, 9.17) is 0 Å². The third-order valence-corrected chi connectivity index (χ3v) is 6.21. The quantitative estimate of drug-likeness (QED) is 0.653. The van der Waals surface area contributed by atoms with Gasteiger partial charge in [-0.2, -0.15) is 10.2 Å². The van der Waals surface area contributed by atoms with Crippen LogP contribution in [0.2, 0.25) is 0 Å². The highest BCUT2D eigenvalue weighted by atomic mass is 79.9. The first-order valence-corrected chi connectivity index (χ1v) is 10.1. The molecule has 2 rings (SSSR count). The van der Waals surface area contributed by atoms with Crippen molar-refractivity contribution in [2.24, 2.45) is 0 Å². The van der Waals surface area contributed by atoms with Crippen LogP contribution in [-0.2, 0) is 0 Å². The second kappa shape index (κ2) is 8.54. The summed E-state index contributed by atoms with van der Waals surface area (Å²) in [7, 11) is 0. The van der Waals surface area contributed by atoms with Gasteiger partial charge in [-0.1, -0.05) is 0 Å². The molecular formula is C18H30Br2N4O2. The summed E-state index contributed by atoms with van der Waals surface area (Å²) in [6.07, 6.45) is 3.63. The standard InChI is InChI=1S/2C9H15BrN2O/c1-6-8(10)5-12(11-6)7(2)9(3,4)13;1-6-8(10)5-11-12(6)7(2)9(3,4)13/h2*5,7,13H,1-4H3. The molecule has 0 saturated heterocycles. The molecule has 0 saturated carbocycles. The molecule has 0 aliphatic heterocycles. The van der Waals surface area contributed by atoms with Crippen molar-refractivity contribution >= 4 is 31.9 Å². The van der Waals surface area contributed by atoms with Gasteiger partial charge in [-0.25, -0.2) is 0 Å². The van der Waals surface area contributed by atoms with Crippen molar-refractivity contribution in [2.75, 3.05) is 0 Å². The molecule has 2 unspecified atom stereocenters. The Balaban J connectivity index is 0.000000260. The Kier molecular flexibility index (Phi) is 7.67. The summed E-state index contributed by atoms with van der Waals surface area (Å²) in [5, 5.41) is 28.0. The monoisotopic (exact) mass is 492 g/mol. The highest BCUT2D eigenvalue weighted by Gasteiger charge is 2.26. The second-order valence-corrected chi connectivity index (χ2v) is 9.43. The Bertz CT molecular complexity index is 707. The smallest absolute Gasteiger partial charge is 0.0812 e. The zero-order valence-electron chi connectivity index (χ0n) is 16.7. The normalized spacial score (nSPS) is 14.6. The molecule has 0 bridgehead atoms. The zero-order chi connectivity index (χ0) is 20.4. The van der Waals surface area contributed by atoms with Gasteiger partial charge in [0.1, 0.15) is 0 Å². The van der Waals surface area contributed by atoms with Crippen molar-refractivity contribution in [3.63, 3.8) is 0 Å². The Morgan fingerprint density at radius 3 is 1.77 bits per heavy atom. The molecule has 0 amide bonds. The van der Waals surface area contributed by atoms with Crippen molar-refractivity contribution < 1.29 is 10.2 Å². The molecule has 148 valence electrons. The third-order valence-electron chi connectivity index (χ3n) is 4.65. The van der Waals surface area contributed by atoms with Crippen molar-refractivity contribution in [3.05, 3.63) is 32.7 Å². The van der Waals surface area contributed by atoms with Crippen molar-refractivity contribution in [1.82, 2.24) is 19.6 Å². The maximum absolute atomic E-state index is 9.80. The van der Waals surface area contributed by atoms with E-state index in [1.165, 1.54) is 0 Å². The fourth-order valence-electron chi connectivity index (χ4n) is 2.07. The van der Waals surface area contributed by atoms with E-state index in [1.807, 2.05) is 38.6 Å². The van der Waals surface area contributed by atoms with E-state index in [0.717, 1.165) is 20.3 Å². The van der Waals surface area contributed by atoms with Gasteiger partial charge in [0.2, 0.25) is 0 Å². The lowest BCUT2D eigenvalue weighted by molar-refractivity contribution is 0.0247. The van der Waals surface area contributed by atoms with E-state index in [-0.39, 0.29) is 12.1 Å². The highest BCUT2D eigenvalue weighted by molar-refractivity contribution is 9.10. The number of aryl methyl sites for hydroxylation is 1. The van der Waals surface area contributed by atoms with Crippen molar-refractivity contribution in [3.8, 4) is 0 Å². The van der Waals surface area contributed by atoms with E-state index >= 15 is 0 Å². The van der Waals surface area contributed by atoms with Gasteiger partial charge in [0.25, 0.3) is 0 Å². The van der Waals surface area contributed by atoms with Gasteiger partial charge >= 0.3 is 0 Å². The Morgan fingerprint density at radius 1 is 0.962 bits per heavy atom. The van der Waals surface area contributed by atoms with Crippen LogP contribution in [0.5, 0.6) is 0 Å². The summed E-state index contributed by atoms with van der Waals surface area (Å²) in [6, 6.07) is -0.0590. The van der Waals surface area contributed by atoms with Gasteiger partial charge in [-0.05, 0) is 87.2 Å². The zero-order valence-corrected chi connectivity index (χ0v) is 19.9. The number of nitrogens with zero attached hydrogens (tertiary/aromatic N) is 4. The molecule has 26 heavy (non-hydrogen) atoms. The number of halogens is 2. The summed E-state index contributed by atoms with van der Waals surface area (Å²) < 4.78 is 5.55. The summed E-state index contributed by atoms with van der Waals surface area (Å²) >= 11 is 6.77. The van der Waals surface area contributed by atoms with Crippen LogP contribution in [0.25, 0.3) is 0 Å². The first kappa shape index (κ1) is 23.3. The molecule has 0 fully saturated rings. The molecular weight excluding hydrogens is 464 g/mol. The molecule has 6 nitrogen and oxygen atoms in total. The number of hydrogen-bond donors (Lipinski definition) is 2. The average Bonchev–Trinajstić information content (AvgIpc) is 3.00. The third kappa shape index (κ3) is 5.90. The van der Waals surface area contributed by atoms with Crippen LogP contribution in [0.1, 0.15) is 65.0 Å². The number of hydrogen-bond acceptors (Lipinski definition) is 4. The van der Waals surface area contributed by atoms with Gasteiger partial charge < -0.3 is 10.2 Å². The molecule has 0 aliphatic carbocycles. The molecule has 2 aromatic heterocycles. The van der Waals surface area contributed by atoms with Crippen LogP contribution >= 0.6 is 31.9 Å². The first-order chi connectivity index (χ1) is 11.7. The Labute approximate surface area is 172 Å². The molecule has 2 aromatic rings. The highest BCUT2D eigenvalue weighted by Crippen LogP contribution is 2.25. The van der Waals surface area contributed by atoms with E-state index < -0.39 is 11.2 Å². The predicted octanol–water partition coefficient (Wildman–Crippen LogP) is 4.57. The van der Waals surface area contributed by atoms with Crippen molar-refractivity contribution in [1.29, 1.82) is 0 Å². The Morgan fingerprint density at radius 2 is 1.46 bits per heavy atom. The number of rotatable bonds is 4. The van der Waals surface area contributed by atoms with Crippen LogP contribution in [0.3, 0.4) is 0 Å². The van der Waals surface area contributed by atoms with E-state index in [9.17, 15) is 10.2 Å². The molecule has 0 radical (unpaired) electrons. The van der Waals surface area contributed by atoms with Crippen LogP contribution < -0.4 is 0 Å². The lowest BCUT2D eigenvalue weighted by Gasteiger charge is -2.27. The van der Waals surface area contributed by atoms with Gasteiger partial charge in [0, 0.05) is 11.9 Å². The van der Waals surface area contributed by atoms with E-state index in [1.54, 1.807) is 38.6 Å². The molecule has 0 aliphatic rings. The maximum Gasteiger partial charge on any atom is 0.0812 e. The minimum atomic E-state index is -0.754. The molecule has 2 atom stereocenters. The average molecular weight is 494 g/mol. The molecule has 8 heteroatoms. The predicted molar refractivity (Wildman–Crippen MR) is 111 cm³/mol. The van der Waals surface area contributed by atoms with Gasteiger partial charge in [0.05, 0.1) is 44.1 Å². The lowest BCUT2D eigenvalue weighted by Crippen LogP contribution is -2.32. The summed E-state index contributed by atoms with van der Waals surface area (Å²) in [4.78, 5) is 0. The minimum Gasteiger partial charge on any atom is -0.388 e. The molecule has 2 heterocycles. The van der Waals surface area contributed by atoms with E-state index in [0.29, 0.717) is 0 Å². The molecule has 0 aromatic carbocycles. The topological polar surface area (TPSA) is 76.1 Å². The van der Waals surface area contributed by atoms with E-state index in [2.05, 4.69) is 42.1 Å². The number of aromatic nitrogens is 4. The Hall–Kier alpha value is -0.700. The summed E-state index contributed by atoms with van der Waals surface area (Å²) in [5.41, 5.74) is 0.472.